The number of rotatable bonds is 9. The Morgan fingerprint density at radius 3 is 1.54 bits per heavy atom. The summed E-state index contributed by atoms with van der Waals surface area (Å²) in [7, 11) is 0. The van der Waals surface area contributed by atoms with Crippen molar-refractivity contribution < 1.29 is 19.7 Å². The van der Waals surface area contributed by atoms with Crippen LogP contribution in [0.4, 0.5) is 0 Å². The average molecular weight is 378 g/mol. The summed E-state index contributed by atoms with van der Waals surface area (Å²) in [4.78, 5) is 0. The summed E-state index contributed by atoms with van der Waals surface area (Å²) in [6.45, 7) is 2.50. The lowest BCUT2D eigenvalue weighted by Gasteiger charge is -2.34. The number of hydrogen-bond acceptors (Lipinski definition) is 4. The summed E-state index contributed by atoms with van der Waals surface area (Å²) in [5, 5.41) is 18.5. The molecule has 0 aliphatic carbocycles. The van der Waals surface area contributed by atoms with E-state index < -0.39 is 5.41 Å². The van der Waals surface area contributed by atoms with E-state index in [-0.39, 0.29) is 26.4 Å². The van der Waals surface area contributed by atoms with Gasteiger partial charge in [0.2, 0.25) is 0 Å². The zero-order valence-corrected chi connectivity index (χ0v) is 16.0. The maximum atomic E-state index is 9.23. The molecule has 0 bridgehead atoms. The van der Waals surface area contributed by atoms with Gasteiger partial charge in [0, 0.05) is 16.5 Å². The Labute approximate surface area is 166 Å². The van der Waals surface area contributed by atoms with Crippen LogP contribution in [0.25, 0.3) is 0 Å². The van der Waals surface area contributed by atoms with Crippen LogP contribution in [-0.4, -0.2) is 36.6 Å². The monoisotopic (exact) mass is 378 g/mol. The fourth-order valence-corrected chi connectivity index (χ4v) is 3.55. The first-order chi connectivity index (χ1) is 13.7. The molecular weight excluding hydrogens is 352 g/mol. The SMILES string of the molecule is CC(c1ccccc1)(c1ccccc1OCCO)c1ccccc1OCCO. The van der Waals surface area contributed by atoms with E-state index in [4.69, 9.17) is 9.47 Å². The average Bonchev–Trinajstić information content (AvgIpc) is 2.76. The Kier molecular flexibility index (Phi) is 6.69. The van der Waals surface area contributed by atoms with Crippen LogP contribution in [0.2, 0.25) is 0 Å². The second-order valence-corrected chi connectivity index (χ2v) is 6.63. The third-order valence-corrected chi connectivity index (χ3v) is 4.90. The van der Waals surface area contributed by atoms with E-state index >= 15 is 0 Å². The summed E-state index contributed by atoms with van der Waals surface area (Å²) >= 11 is 0. The molecule has 3 rings (SSSR count). The molecule has 0 heterocycles. The van der Waals surface area contributed by atoms with Gasteiger partial charge in [0.05, 0.1) is 13.2 Å². The maximum Gasteiger partial charge on any atom is 0.123 e. The molecule has 0 fully saturated rings. The van der Waals surface area contributed by atoms with Crippen LogP contribution in [-0.2, 0) is 5.41 Å². The Bertz CT molecular complexity index is 825. The van der Waals surface area contributed by atoms with Crippen LogP contribution in [0.15, 0.2) is 78.9 Å². The molecule has 146 valence electrons. The van der Waals surface area contributed by atoms with Crippen molar-refractivity contribution in [2.75, 3.05) is 26.4 Å². The van der Waals surface area contributed by atoms with Gasteiger partial charge in [-0.1, -0.05) is 66.7 Å². The molecule has 0 saturated carbocycles. The van der Waals surface area contributed by atoms with E-state index in [0.29, 0.717) is 0 Å². The van der Waals surface area contributed by atoms with Gasteiger partial charge >= 0.3 is 0 Å². The molecule has 0 amide bonds. The van der Waals surface area contributed by atoms with Gasteiger partial charge in [0.1, 0.15) is 24.7 Å². The van der Waals surface area contributed by atoms with Crippen molar-refractivity contribution in [1.29, 1.82) is 0 Å². The molecule has 0 unspecified atom stereocenters. The van der Waals surface area contributed by atoms with Crippen molar-refractivity contribution in [3.05, 3.63) is 95.6 Å². The second kappa shape index (κ2) is 9.40. The lowest BCUT2D eigenvalue weighted by Crippen LogP contribution is -2.27. The predicted molar refractivity (Wildman–Crippen MR) is 110 cm³/mol. The molecule has 4 heteroatoms. The smallest absolute Gasteiger partial charge is 0.123 e. The third kappa shape index (κ3) is 4.03. The highest BCUT2D eigenvalue weighted by molar-refractivity contribution is 5.58. The molecule has 3 aromatic rings. The molecule has 4 nitrogen and oxygen atoms in total. The molecule has 0 atom stereocenters. The van der Waals surface area contributed by atoms with E-state index in [9.17, 15) is 10.2 Å². The van der Waals surface area contributed by atoms with Crippen molar-refractivity contribution in [3.8, 4) is 11.5 Å². The lowest BCUT2D eigenvalue weighted by atomic mass is 9.70. The van der Waals surface area contributed by atoms with E-state index in [2.05, 4.69) is 19.1 Å². The Hall–Kier alpha value is -2.82. The molecule has 0 aliphatic rings. The summed E-state index contributed by atoms with van der Waals surface area (Å²) in [5.41, 5.74) is 2.50. The van der Waals surface area contributed by atoms with Crippen LogP contribution in [0, 0.1) is 0 Å². The minimum Gasteiger partial charge on any atom is -0.491 e. The number of hydrogen-bond donors (Lipinski definition) is 2. The van der Waals surface area contributed by atoms with Gasteiger partial charge in [-0.15, -0.1) is 0 Å². The van der Waals surface area contributed by atoms with Crippen LogP contribution in [0.3, 0.4) is 0 Å². The van der Waals surface area contributed by atoms with Crippen molar-refractivity contribution in [2.24, 2.45) is 0 Å². The molecule has 0 aromatic heterocycles. The Morgan fingerprint density at radius 1 is 0.643 bits per heavy atom. The van der Waals surface area contributed by atoms with E-state index in [0.717, 1.165) is 28.2 Å². The molecule has 3 aromatic carbocycles. The summed E-state index contributed by atoms with van der Waals surface area (Å²) in [6, 6.07) is 26.0. The molecule has 0 aliphatic heterocycles. The number of benzene rings is 3. The minimum atomic E-state index is -0.556. The van der Waals surface area contributed by atoms with Gasteiger partial charge < -0.3 is 19.7 Å². The quantitative estimate of drug-likeness (QED) is 0.556. The van der Waals surface area contributed by atoms with Gasteiger partial charge in [-0.2, -0.15) is 0 Å². The van der Waals surface area contributed by atoms with Gasteiger partial charge in [-0.25, -0.2) is 0 Å². The first-order valence-corrected chi connectivity index (χ1v) is 9.43. The van der Waals surface area contributed by atoms with E-state index in [1.54, 1.807) is 0 Å². The zero-order valence-electron chi connectivity index (χ0n) is 16.0. The Balaban J connectivity index is 2.22. The van der Waals surface area contributed by atoms with E-state index in [1.165, 1.54) is 0 Å². The van der Waals surface area contributed by atoms with Crippen LogP contribution < -0.4 is 9.47 Å². The molecular formula is C24H26O4. The first-order valence-electron chi connectivity index (χ1n) is 9.43. The summed E-state index contributed by atoms with van der Waals surface area (Å²) in [6.07, 6.45) is 0. The molecule has 28 heavy (non-hydrogen) atoms. The third-order valence-electron chi connectivity index (χ3n) is 4.90. The highest BCUT2D eigenvalue weighted by atomic mass is 16.5. The van der Waals surface area contributed by atoms with Gasteiger partial charge in [0.25, 0.3) is 0 Å². The van der Waals surface area contributed by atoms with Gasteiger partial charge in [0.15, 0.2) is 0 Å². The van der Waals surface area contributed by atoms with Crippen LogP contribution >= 0.6 is 0 Å². The van der Waals surface area contributed by atoms with Gasteiger partial charge in [-0.05, 0) is 24.6 Å². The van der Waals surface area contributed by atoms with Crippen molar-refractivity contribution >= 4 is 0 Å². The number of aliphatic hydroxyl groups is 2. The highest BCUT2D eigenvalue weighted by Gasteiger charge is 2.36. The Morgan fingerprint density at radius 2 is 1.07 bits per heavy atom. The predicted octanol–water partition coefficient (Wildman–Crippen LogP) is 3.78. The van der Waals surface area contributed by atoms with Crippen molar-refractivity contribution in [1.82, 2.24) is 0 Å². The van der Waals surface area contributed by atoms with Crippen molar-refractivity contribution in [2.45, 2.75) is 12.3 Å². The zero-order chi connectivity index (χ0) is 19.8. The first kappa shape index (κ1) is 19.9. The topological polar surface area (TPSA) is 58.9 Å². The van der Waals surface area contributed by atoms with E-state index in [1.807, 2.05) is 66.7 Å². The maximum absolute atomic E-state index is 9.23. The fourth-order valence-electron chi connectivity index (χ4n) is 3.55. The standard InChI is InChI=1S/C24H26O4/c1-24(19-9-3-2-4-10-19,20-11-5-7-13-22(20)27-17-15-25)21-12-6-8-14-23(21)28-18-16-26/h2-14,25-26H,15-18H2,1H3. The minimum absolute atomic E-state index is 0.0490. The summed E-state index contributed by atoms with van der Waals surface area (Å²) < 4.78 is 11.7. The number of para-hydroxylation sites is 2. The second-order valence-electron chi connectivity index (χ2n) is 6.63. The highest BCUT2D eigenvalue weighted by Crippen LogP contribution is 2.46. The van der Waals surface area contributed by atoms with Gasteiger partial charge in [-0.3, -0.25) is 0 Å². The normalized spacial score (nSPS) is 11.2. The number of ether oxygens (including phenoxy) is 2. The fraction of sp³-hybridized carbons (Fsp3) is 0.250. The molecule has 2 N–H and O–H groups in total. The number of aliphatic hydroxyl groups excluding tert-OH is 2. The largest absolute Gasteiger partial charge is 0.491 e. The van der Waals surface area contributed by atoms with Crippen molar-refractivity contribution in [3.63, 3.8) is 0 Å². The van der Waals surface area contributed by atoms with Crippen LogP contribution in [0.1, 0.15) is 23.6 Å². The molecule has 0 saturated heterocycles. The summed E-state index contributed by atoms with van der Waals surface area (Å²) in [5.74, 6) is 1.44. The van der Waals surface area contributed by atoms with Crippen LogP contribution in [0.5, 0.6) is 11.5 Å². The lowest BCUT2D eigenvalue weighted by molar-refractivity contribution is 0.197. The molecule has 0 radical (unpaired) electrons. The molecule has 0 spiro atoms.